The summed E-state index contributed by atoms with van der Waals surface area (Å²) in [4.78, 5) is 0. The standard InChI is InChI=1S/C16H23NO/c1-11(17-2)13-5-7-15(8-6-13)18-16-10-12-3-4-14(16)9-12/h5-8,11-12,14,16-17H,3-4,9-10H2,1-2H3. The van der Waals surface area contributed by atoms with Crippen molar-refractivity contribution in [2.75, 3.05) is 7.05 Å². The summed E-state index contributed by atoms with van der Waals surface area (Å²) in [6.07, 6.45) is 5.97. The van der Waals surface area contributed by atoms with Gasteiger partial charge >= 0.3 is 0 Å². The third kappa shape index (κ3) is 2.26. The van der Waals surface area contributed by atoms with Crippen LogP contribution in [0, 0.1) is 11.8 Å². The minimum atomic E-state index is 0.404. The zero-order valence-electron chi connectivity index (χ0n) is 11.4. The summed E-state index contributed by atoms with van der Waals surface area (Å²) in [5.41, 5.74) is 1.32. The van der Waals surface area contributed by atoms with Crippen molar-refractivity contribution in [1.82, 2.24) is 5.32 Å². The first-order valence-corrected chi connectivity index (χ1v) is 7.20. The van der Waals surface area contributed by atoms with E-state index in [-0.39, 0.29) is 0 Å². The Bertz CT molecular complexity index is 400. The minimum absolute atomic E-state index is 0.404. The molecule has 1 aromatic rings. The second-order valence-corrected chi connectivity index (χ2v) is 5.91. The molecule has 0 heterocycles. The lowest BCUT2D eigenvalue weighted by atomic mass is 9.98. The molecule has 18 heavy (non-hydrogen) atoms. The Balaban J connectivity index is 1.63. The predicted octanol–water partition coefficient (Wildman–Crippen LogP) is 3.53. The van der Waals surface area contributed by atoms with Crippen LogP contribution in [0.25, 0.3) is 0 Å². The van der Waals surface area contributed by atoms with Gasteiger partial charge in [-0.25, -0.2) is 0 Å². The number of hydrogen-bond acceptors (Lipinski definition) is 2. The monoisotopic (exact) mass is 245 g/mol. The molecule has 2 aliphatic carbocycles. The van der Waals surface area contributed by atoms with Crippen LogP contribution in [-0.4, -0.2) is 13.2 Å². The van der Waals surface area contributed by atoms with Crippen molar-refractivity contribution in [2.45, 2.75) is 44.8 Å². The molecule has 2 saturated carbocycles. The summed E-state index contributed by atoms with van der Waals surface area (Å²) in [5.74, 6) is 2.81. The van der Waals surface area contributed by atoms with Gasteiger partial charge in [0.2, 0.25) is 0 Å². The zero-order valence-corrected chi connectivity index (χ0v) is 11.4. The van der Waals surface area contributed by atoms with Crippen LogP contribution in [0.2, 0.25) is 0 Å². The number of benzene rings is 1. The van der Waals surface area contributed by atoms with Crippen LogP contribution in [0.4, 0.5) is 0 Å². The van der Waals surface area contributed by atoms with Gasteiger partial charge in [0.05, 0.1) is 0 Å². The summed E-state index contributed by atoms with van der Waals surface area (Å²) in [6, 6.07) is 8.99. The SMILES string of the molecule is CNC(C)c1ccc(OC2CC3CCC2C3)cc1. The van der Waals surface area contributed by atoms with Crippen LogP contribution >= 0.6 is 0 Å². The summed E-state index contributed by atoms with van der Waals surface area (Å²) >= 11 is 0. The van der Waals surface area contributed by atoms with Gasteiger partial charge in [0.1, 0.15) is 11.9 Å². The summed E-state index contributed by atoms with van der Waals surface area (Å²) in [7, 11) is 1.99. The van der Waals surface area contributed by atoms with E-state index in [1.807, 2.05) is 7.05 Å². The molecular weight excluding hydrogens is 222 g/mol. The first-order valence-electron chi connectivity index (χ1n) is 7.20. The number of ether oxygens (including phenoxy) is 1. The fourth-order valence-corrected chi connectivity index (χ4v) is 3.51. The lowest BCUT2D eigenvalue weighted by molar-refractivity contribution is 0.138. The minimum Gasteiger partial charge on any atom is -0.490 e. The van der Waals surface area contributed by atoms with E-state index in [1.165, 1.54) is 31.2 Å². The predicted molar refractivity (Wildman–Crippen MR) is 73.8 cm³/mol. The summed E-state index contributed by atoms with van der Waals surface area (Å²) in [6.45, 7) is 2.17. The average Bonchev–Trinajstić information content (AvgIpc) is 3.01. The summed E-state index contributed by atoms with van der Waals surface area (Å²) < 4.78 is 6.16. The number of fused-ring (bicyclic) bond motifs is 2. The molecular formula is C16H23NO. The van der Waals surface area contributed by atoms with Gasteiger partial charge in [-0.3, -0.25) is 0 Å². The van der Waals surface area contributed by atoms with Crippen LogP contribution in [0.5, 0.6) is 5.75 Å². The Morgan fingerprint density at radius 2 is 1.94 bits per heavy atom. The average molecular weight is 245 g/mol. The fourth-order valence-electron chi connectivity index (χ4n) is 3.51. The van der Waals surface area contributed by atoms with Crippen molar-refractivity contribution in [3.05, 3.63) is 29.8 Å². The van der Waals surface area contributed by atoms with Gasteiger partial charge < -0.3 is 10.1 Å². The highest BCUT2D eigenvalue weighted by Crippen LogP contribution is 2.45. The third-order valence-electron chi connectivity index (χ3n) is 4.77. The highest BCUT2D eigenvalue weighted by atomic mass is 16.5. The molecule has 0 amide bonds. The van der Waals surface area contributed by atoms with Crippen LogP contribution in [-0.2, 0) is 0 Å². The molecule has 0 aromatic heterocycles. The normalized spacial score (nSPS) is 31.6. The second-order valence-electron chi connectivity index (χ2n) is 5.91. The van der Waals surface area contributed by atoms with E-state index < -0.39 is 0 Å². The Hall–Kier alpha value is -1.02. The smallest absolute Gasteiger partial charge is 0.119 e. The van der Waals surface area contributed by atoms with Crippen molar-refractivity contribution in [3.8, 4) is 5.75 Å². The molecule has 0 spiro atoms. The van der Waals surface area contributed by atoms with Crippen molar-refractivity contribution >= 4 is 0 Å². The quantitative estimate of drug-likeness (QED) is 0.876. The van der Waals surface area contributed by atoms with Gasteiger partial charge in [-0.2, -0.15) is 0 Å². The molecule has 2 fully saturated rings. The molecule has 2 nitrogen and oxygen atoms in total. The van der Waals surface area contributed by atoms with Crippen LogP contribution in [0.15, 0.2) is 24.3 Å². The molecule has 2 heteroatoms. The lowest BCUT2D eigenvalue weighted by Crippen LogP contribution is -2.23. The van der Waals surface area contributed by atoms with Gasteiger partial charge in [0, 0.05) is 6.04 Å². The van der Waals surface area contributed by atoms with E-state index in [2.05, 4.69) is 36.5 Å². The maximum absolute atomic E-state index is 6.16. The number of rotatable bonds is 4. The Kier molecular flexibility index (Phi) is 3.29. The van der Waals surface area contributed by atoms with Gasteiger partial charge in [0.15, 0.2) is 0 Å². The van der Waals surface area contributed by atoms with Crippen molar-refractivity contribution in [3.63, 3.8) is 0 Å². The van der Waals surface area contributed by atoms with E-state index in [4.69, 9.17) is 4.74 Å². The zero-order chi connectivity index (χ0) is 12.5. The molecule has 1 N–H and O–H groups in total. The third-order valence-corrected chi connectivity index (χ3v) is 4.77. The first kappa shape index (κ1) is 12.0. The highest BCUT2D eigenvalue weighted by molar-refractivity contribution is 5.29. The Morgan fingerprint density at radius 1 is 1.17 bits per heavy atom. The van der Waals surface area contributed by atoms with Crippen LogP contribution < -0.4 is 10.1 Å². The molecule has 0 aliphatic heterocycles. The maximum atomic E-state index is 6.16. The summed E-state index contributed by atoms with van der Waals surface area (Å²) in [5, 5.41) is 3.25. The molecule has 2 bridgehead atoms. The van der Waals surface area contributed by atoms with Crippen molar-refractivity contribution < 1.29 is 4.74 Å². The van der Waals surface area contributed by atoms with Crippen molar-refractivity contribution in [1.29, 1.82) is 0 Å². The molecule has 98 valence electrons. The largest absolute Gasteiger partial charge is 0.490 e. The highest BCUT2D eigenvalue weighted by Gasteiger charge is 2.40. The molecule has 1 aromatic carbocycles. The van der Waals surface area contributed by atoms with Crippen LogP contribution in [0.1, 0.15) is 44.2 Å². The molecule has 3 rings (SSSR count). The maximum Gasteiger partial charge on any atom is 0.119 e. The molecule has 2 aliphatic rings. The first-order chi connectivity index (χ1) is 8.76. The number of nitrogens with one attached hydrogen (secondary N) is 1. The van der Waals surface area contributed by atoms with E-state index >= 15 is 0 Å². The van der Waals surface area contributed by atoms with E-state index in [1.54, 1.807) is 0 Å². The lowest BCUT2D eigenvalue weighted by Gasteiger charge is -2.23. The molecule has 4 atom stereocenters. The second kappa shape index (κ2) is 4.93. The topological polar surface area (TPSA) is 21.3 Å². The van der Waals surface area contributed by atoms with E-state index in [0.717, 1.165) is 17.6 Å². The fraction of sp³-hybridized carbons (Fsp3) is 0.625. The van der Waals surface area contributed by atoms with Gasteiger partial charge in [-0.1, -0.05) is 12.1 Å². The van der Waals surface area contributed by atoms with Crippen LogP contribution in [0.3, 0.4) is 0 Å². The van der Waals surface area contributed by atoms with Gasteiger partial charge in [0.25, 0.3) is 0 Å². The van der Waals surface area contributed by atoms with E-state index in [9.17, 15) is 0 Å². The van der Waals surface area contributed by atoms with Crippen molar-refractivity contribution in [2.24, 2.45) is 11.8 Å². The number of hydrogen-bond donors (Lipinski definition) is 1. The molecule has 0 radical (unpaired) electrons. The Morgan fingerprint density at radius 3 is 2.50 bits per heavy atom. The molecule has 0 saturated heterocycles. The van der Waals surface area contributed by atoms with E-state index in [0.29, 0.717) is 12.1 Å². The Labute approximate surface area is 110 Å². The van der Waals surface area contributed by atoms with Gasteiger partial charge in [-0.05, 0) is 69.2 Å². The molecule has 4 unspecified atom stereocenters. The van der Waals surface area contributed by atoms with Gasteiger partial charge in [-0.15, -0.1) is 0 Å².